The van der Waals surface area contributed by atoms with Crippen LogP contribution in [0.4, 0.5) is 0 Å². The van der Waals surface area contributed by atoms with Crippen molar-refractivity contribution in [3.05, 3.63) is 34.7 Å². The Morgan fingerprint density at radius 2 is 1.97 bits per heavy atom. The number of benzene rings is 1. The molecular weight excluding hydrogens is 412 g/mol. The van der Waals surface area contributed by atoms with E-state index in [1.54, 1.807) is 13.2 Å². The lowest BCUT2D eigenvalue weighted by atomic mass is 10.2. The van der Waals surface area contributed by atoms with Crippen LogP contribution < -0.4 is 4.74 Å². The predicted molar refractivity (Wildman–Crippen MR) is 116 cm³/mol. The molecule has 0 aromatic heterocycles. The van der Waals surface area contributed by atoms with Crippen LogP contribution in [0.15, 0.2) is 29.2 Å². The van der Waals surface area contributed by atoms with E-state index in [1.807, 2.05) is 24.3 Å². The number of esters is 1. The van der Waals surface area contributed by atoms with Gasteiger partial charge in [-0.15, -0.1) is 0 Å². The molecule has 0 aliphatic carbocycles. The van der Waals surface area contributed by atoms with Gasteiger partial charge in [-0.3, -0.25) is 19.4 Å². The summed E-state index contributed by atoms with van der Waals surface area (Å²) in [5.41, 5.74) is 0.883. The molecule has 0 bridgehead atoms. The number of carbonyl (C=O) groups is 2. The molecule has 9 heteroatoms. The molecule has 0 N–H and O–H groups in total. The van der Waals surface area contributed by atoms with Gasteiger partial charge in [0.1, 0.15) is 16.7 Å². The number of rotatable bonds is 8. The van der Waals surface area contributed by atoms with E-state index in [0.717, 1.165) is 24.4 Å². The van der Waals surface area contributed by atoms with E-state index in [2.05, 4.69) is 4.90 Å². The van der Waals surface area contributed by atoms with Gasteiger partial charge in [-0.25, -0.2) is 0 Å². The third-order valence-corrected chi connectivity index (χ3v) is 5.98. The summed E-state index contributed by atoms with van der Waals surface area (Å²) < 4.78 is 16.2. The number of morpholine rings is 1. The molecule has 0 atom stereocenters. The first-order valence-corrected chi connectivity index (χ1v) is 10.6. The lowest BCUT2D eigenvalue weighted by molar-refractivity contribution is -0.144. The molecule has 2 aliphatic heterocycles. The summed E-state index contributed by atoms with van der Waals surface area (Å²) in [6, 6.07) is 7.41. The highest BCUT2D eigenvalue weighted by molar-refractivity contribution is 8.26. The van der Waals surface area contributed by atoms with Crippen LogP contribution in [-0.4, -0.2) is 79.1 Å². The van der Waals surface area contributed by atoms with Gasteiger partial charge in [0, 0.05) is 26.2 Å². The second-order valence-electron chi connectivity index (χ2n) is 6.53. The molecule has 1 amide bonds. The van der Waals surface area contributed by atoms with Crippen molar-refractivity contribution in [1.82, 2.24) is 9.80 Å². The van der Waals surface area contributed by atoms with Crippen LogP contribution in [0, 0.1) is 0 Å². The number of thioether (sulfide) groups is 1. The van der Waals surface area contributed by atoms with Crippen molar-refractivity contribution in [3.8, 4) is 5.75 Å². The Kier molecular flexibility index (Phi) is 8.05. The van der Waals surface area contributed by atoms with Crippen molar-refractivity contribution in [2.24, 2.45) is 0 Å². The van der Waals surface area contributed by atoms with Crippen molar-refractivity contribution >= 4 is 46.3 Å². The molecule has 0 unspecified atom stereocenters. The fourth-order valence-electron chi connectivity index (χ4n) is 2.93. The van der Waals surface area contributed by atoms with Crippen LogP contribution in [-0.2, 0) is 19.1 Å². The number of ether oxygens (including phenoxy) is 3. The maximum atomic E-state index is 12.6. The van der Waals surface area contributed by atoms with Crippen molar-refractivity contribution in [1.29, 1.82) is 0 Å². The van der Waals surface area contributed by atoms with Gasteiger partial charge in [0.2, 0.25) is 0 Å². The fraction of sp³-hybridized carbons (Fsp3) is 0.450. The average Bonchev–Trinajstić information content (AvgIpc) is 3.00. The van der Waals surface area contributed by atoms with Crippen LogP contribution in [0.5, 0.6) is 5.75 Å². The molecule has 2 fully saturated rings. The number of nitrogens with zero attached hydrogens (tertiary/aromatic N) is 2. The molecule has 2 heterocycles. The number of hydrogen-bond donors (Lipinski definition) is 0. The summed E-state index contributed by atoms with van der Waals surface area (Å²) in [6.45, 7) is 4.40. The molecule has 1 aromatic rings. The van der Waals surface area contributed by atoms with E-state index in [-0.39, 0.29) is 24.8 Å². The largest absolute Gasteiger partial charge is 0.497 e. The van der Waals surface area contributed by atoms with Gasteiger partial charge < -0.3 is 14.2 Å². The van der Waals surface area contributed by atoms with E-state index < -0.39 is 0 Å². The molecule has 0 spiro atoms. The lowest BCUT2D eigenvalue weighted by Crippen LogP contribution is -2.38. The summed E-state index contributed by atoms with van der Waals surface area (Å²) >= 11 is 6.55. The smallest absolute Gasteiger partial charge is 0.307 e. The number of hydrogen-bond acceptors (Lipinski definition) is 8. The third kappa shape index (κ3) is 6.27. The Balaban J connectivity index is 1.45. The Hall–Kier alpha value is -1.94. The standard InChI is InChI=1S/C20H24N2O5S2/c1-25-16-4-2-15(3-5-16)14-17-19(24)22(20(28)29-17)7-6-18(23)27-13-10-21-8-11-26-12-9-21/h2-5,14H,6-13H2,1H3/b17-14+. The zero-order chi connectivity index (χ0) is 20.6. The molecule has 3 rings (SSSR count). The molecule has 29 heavy (non-hydrogen) atoms. The highest BCUT2D eigenvalue weighted by Crippen LogP contribution is 2.32. The predicted octanol–water partition coefficient (Wildman–Crippen LogP) is 2.16. The molecule has 1 aromatic carbocycles. The van der Waals surface area contributed by atoms with Gasteiger partial charge in [0.05, 0.1) is 31.6 Å². The van der Waals surface area contributed by atoms with Gasteiger partial charge in [0.25, 0.3) is 5.91 Å². The van der Waals surface area contributed by atoms with E-state index in [4.69, 9.17) is 26.4 Å². The van der Waals surface area contributed by atoms with Gasteiger partial charge in [-0.1, -0.05) is 36.1 Å². The number of thiocarbonyl (C=S) groups is 1. The Bertz CT molecular complexity index is 776. The highest BCUT2D eigenvalue weighted by Gasteiger charge is 2.32. The monoisotopic (exact) mass is 436 g/mol. The van der Waals surface area contributed by atoms with Crippen LogP contribution in [0.2, 0.25) is 0 Å². The van der Waals surface area contributed by atoms with Gasteiger partial charge in [-0.05, 0) is 23.8 Å². The average molecular weight is 437 g/mol. The third-order valence-electron chi connectivity index (χ3n) is 4.60. The molecule has 0 saturated carbocycles. The first-order chi connectivity index (χ1) is 14.1. The summed E-state index contributed by atoms with van der Waals surface area (Å²) in [6.07, 6.45) is 1.91. The Morgan fingerprint density at radius 3 is 2.66 bits per heavy atom. The molecule has 2 aliphatic rings. The second kappa shape index (κ2) is 10.7. The molecule has 0 radical (unpaired) electrons. The molecule has 7 nitrogen and oxygen atoms in total. The molecule has 156 valence electrons. The van der Waals surface area contributed by atoms with Gasteiger partial charge in [0.15, 0.2) is 0 Å². The van der Waals surface area contributed by atoms with Crippen LogP contribution >= 0.6 is 24.0 Å². The highest BCUT2D eigenvalue weighted by atomic mass is 32.2. The van der Waals surface area contributed by atoms with Gasteiger partial charge >= 0.3 is 5.97 Å². The van der Waals surface area contributed by atoms with Crippen molar-refractivity contribution in [2.45, 2.75) is 6.42 Å². The minimum absolute atomic E-state index is 0.116. The van der Waals surface area contributed by atoms with Crippen molar-refractivity contribution in [3.63, 3.8) is 0 Å². The zero-order valence-corrected chi connectivity index (χ0v) is 17.9. The summed E-state index contributed by atoms with van der Waals surface area (Å²) in [5, 5.41) is 0. The molecule has 2 saturated heterocycles. The zero-order valence-electron chi connectivity index (χ0n) is 16.3. The first kappa shape index (κ1) is 21.8. The summed E-state index contributed by atoms with van der Waals surface area (Å²) in [5.74, 6) is 0.241. The van der Waals surface area contributed by atoms with E-state index in [0.29, 0.717) is 35.6 Å². The minimum atomic E-state index is -0.327. The maximum Gasteiger partial charge on any atom is 0.307 e. The van der Waals surface area contributed by atoms with Crippen LogP contribution in [0.25, 0.3) is 6.08 Å². The molecular formula is C20H24N2O5S2. The topological polar surface area (TPSA) is 68.3 Å². The normalized spacial score (nSPS) is 19.1. The number of methoxy groups -OCH3 is 1. The summed E-state index contributed by atoms with van der Waals surface area (Å²) in [4.78, 5) is 28.8. The first-order valence-electron chi connectivity index (χ1n) is 9.42. The van der Waals surface area contributed by atoms with Crippen LogP contribution in [0.3, 0.4) is 0 Å². The Labute approximate surface area is 180 Å². The lowest BCUT2D eigenvalue weighted by Gasteiger charge is -2.26. The summed E-state index contributed by atoms with van der Waals surface area (Å²) in [7, 11) is 1.60. The van der Waals surface area contributed by atoms with Crippen molar-refractivity contribution < 1.29 is 23.8 Å². The van der Waals surface area contributed by atoms with E-state index >= 15 is 0 Å². The maximum absolute atomic E-state index is 12.6. The SMILES string of the molecule is COc1ccc(/C=C2/SC(=S)N(CCC(=O)OCCN3CCOCC3)C2=O)cc1. The minimum Gasteiger partial charge on any atom is -0.497 e. The fourth-order valence-corrected chi connectivity index (χ4v) is 4.24. The van der Waals surface area contributed by atoms with Gasteiger partial charge in [-0.2, -0.15) is 0 Å². The number of amides is 1. The Morgan fingerprint density at radius 1 is 1.24 bits per heavy atom. The number of carbonyl (C=O) groups excluding carboxylic acids is 2. The quantitative estimate of drug-likeness (QED) is 0.349. The van der Waals surface area contributed by atoms with E-state index in [1.165, 1.54) is 16.7 Å². The van der Waals surface area contributed by atoms with Crippen molar-refractivity contribution in [2.75, 3.05) is 53.1 Å². The van der Waals surface area contributed by atoms with E-state index in [9.17, 15) is 9.59 Å². The second-order valence-corrected chi connectivity index (χ2v) is 8.21. The van der Waals surface area contributed by atoms with Crippen LogP contribution in [0.1, 0.15) is 12.0 Å².